The Morgan fingerprint density at radius 3 is 2.43 bits per heavy atom. The van der Waals surface area contributed by atoms with E-state index in [0.717, 1.165) is 12.5 Å². The molecule has 0 amide bonds. The molecule has 0 aromatic carbocycles. The zero-order chi connectivity index (χ0) is 10.4. The highest BCUT2D eigenvalue weighted by Crippen LogP contribution is 2.32. The molecule has 1 rings (SSSR count). The maximum atomic E-state index is 6.05. The first kappa shape index (κ1) is 12.0. The SMILES string of the molecule is CCCC1CCC(C(N)COC)CC1. The number of hydrogen-bond donors (Lipinski definition) is 1. The number of rotatable bonds is 5. The highest BCUT2D eigenvalue weighted by Gasteiger charge is 2.24. The van der Waals surface area contributed by atoms with Gasteiger partial charge in [-0.25, -0.2) is 0 Å². The largest absolute Gasteiger partial charge is 0.383 e. The van der Waals surface area contributed by atoms with Gasteiger partial charge in [-0.15, -0.1) is 0 Å². The van der Waals surface area contributed by atoms with Gasteiger partial charge >= 0.3 is 0 Å². The third-order valence-electron chi connectivity index (χ3n) is 3.55. The molecule has 84 valence electrons. The van der Waals surface area contributed by atoms with Crippen molar-refractivity contribution in [1.29, 1.82) is 0 Å². The molecule has 0 aliphatic heterocycles. The standard InChI is InChI=1S/C12H25NO/c1-3-4-10-5-7-11(8-6-10)12(13)9-14-2/h10-12H,3-9,13H2,1-2H3. The Morgan fingerprint density at radius 2 is 1.93 bits per heavy atom. The minimum Gasteiger partial charge on any atom is -0.383 e. The average molecular weight is 199 g/mol. The molecule has 0 spiro atoms. The van der Waals surface area contributed by atoms with Gasteiger partial charge in [0.1, 0.15) is 0 Å². The molecule has 1 aliphatic rings. The number of nitrogens with two attached hydrogens (primary N) is 1. The zero-order valence-electron chi connectivity index (χ0n) is 9.67. The van der Waals surface area contributed by atoms with Gasteiger partial charge in [0.2, 0.25) is 0 Å². The van der Waals surface area contributed by atoms with E-state index >= 15 is 0 Å². The zero-order valence-corrected chi connectivity index (χ0v) is 9.67. The van der Waals surface area contributed by atoms with E-state index in [-0.39, 0.29) is 6.04 Å². The van der Waals surface area contributed by atoms with Gasteiger partial charge in [-0.3, -0.25) is 0 Å². The van der Waals surface area contributed by atoms with Crippen molar-refractivity contribution in [1.82, 2.24) is 0 Å². The first-order valence-corrected chi connectivity index (χ1v) is 6.02. The number of hydrogen-bond acceptors (Lipinski definition) is 2. The van der Waals surface area contributed by atoms with Crippen LogP contribution in [0.4, 0.5) is 0 Å². The van der Waals surface area contributed by atoms with Crippen LogP contribution in [0.15, 0.2) is 0 Å². The van der Waals surface area contributed by atoms with Crippen LogP contribution >= 0.6 is 0 Å². The summed E-state index contributed by atoms with van der Waals surface area (Å²) < 4.78 is 5.11. The molecule has 2 nitrogen and oxygen atoms in total. The van der Waals surface area contributed by atoms with Gasteiger partial charge in [0.25, 0.3) is 0 Å². The van der Waals surface area contributed by atoms with Crippen LogP contribution in [0.1, 0.15) is 45.4 Å². The van der Waals surface area contributed by atoms with E-state index in [2.05, 4.69) is 6.92 Å². The lowest BCUT2D eigenvalue weighted by Gasteiger charge is -2.31. The summed E-state index contributed by atoms with van der Waals surface area (Å²) in [6.07, 6.45) is 8.14. The van der Waals surface area contributed by atoms with Gasteiger partial charge in [0, 0.05) is 13.2 Å². The molecule has 1 unspecified atom stereocenters. The third-order valence-corrected chi connectivity index (χ3v) is 3.55. The lowest BCUT2D eigenvalue weighted by Crippen LogP contribution is -2.36. The summed E-state index contributed by atoms with van der Waals surface area (Å²) in [5.41, 5.74) is 6.05. The minimum atomic E-state index is 0.266. The van der Waals surface area contributed by atoms with Crippen LogP contribution in [-0.2, 0) is 4.74 Å². The maximum absolute atomic E-state index is 6.05. The Kier molecular flexibility index (Phi) is 5.49. The summed E-state index contributed by atoms with van der Waals surface area (Å²) in [6, 6.07) is 0.266. The molecule has 1 fully saturated rings. The Labute approximate surface area is 88.2 Å². The second kappa shape index (κ2) is 6.41. The van der Waals surface area contributed by atoms with E-state index < -0.39 is 0 Å². The Balaban J connectivity index is 2.21. The molecule has 1 saturated carbocycles. The smallest absolute Gasteiger partial charge is 0.0616 e. The van der Waals surface area contributed by atoms with E-state index in [0.29, 0.717) is 5.92 Å². The summed E-state index contributed by atoms with van der Waals surface area (Å²) in [5.74, 6) is 1.69. The molecule has 0 heterocycles. The van der Waals surface area contributed by atoms with Gasteiger partial charge in [-0.05, 0) is 24.7 Å². The van der Waals surface area contributed by atoms with Crippen molar-refractivity contribution >= 4 is 0 Å². The highest BCUT2D eigenvalue weighted by molar-refractivity contribution is 4.79. The summed E-state index contributed by atoms with van der Waals surface area (Å²) in [7, 11) is 1.74. The molecule has 0 radical (unpaired) electrons. The Bertz CT molecular complexity index is 141. The monoisotopic (exact) mass is 199 g/mol. The Hall–Kier alpha value is -0.0800. The normalized spacial score (nSPS) is 30.2. The first-order valence-electron chi connectivity index (χ1n) is 6.02. The molecule has 0 saturated heterocycles. The lowest BCUT2D eigenvalue weighted by atomic mass is 9.77. The molecule has 0 aromatic heterocycles. The van der Waals surface area contributed by atoms with E-state index in [1.807, 2.05) is 0 Å². The van der Waals surface area contributed by atoms with E-state index in [1.165, 1.54) is 38.5 Å². The van der Waals surface area contributed by atoms with Gasteiger partial charge < -0.3 is 10.5 Å². The molecule has 1 aliphatic carbocycles. The van der Waals surface area contributed by atoms with Crippen molar-refractivity contribution in [3.8, 4) is 0 Å². The fourth-order valence-corrected chi connectivity index (χ4v) is 2.64. The highest BCUT2D eigenvalue weighted by atomic mass is 16.5. The van der Waals surface area contributed by atoms with Crippen LogP contribution in [0.25, 0.3) is 0 Å². The first-order chi connectivity index (χ1) is 6.77. The van der Waals surface area contributed by atoms with Gasteiger partial charge in [0.15, 0.2) is 0 Å². The Morgan fingerprint density at radius 1 is 1.29 bits per heavy atom. The molecule has 14 heavy (non-hydrogen) atoms. The van der Waals surface area contributed by atoms with Gasteiger partial charge in [0.05, 0.1) is 6.61 Å². The lowest BCUT2D eigenvalue weighted by molar-refractivity contribution is 0.133. The molecule has 0 aromatic rings. The topological polar surface area (TPSA) is 35.2 Å². The van der Waals surface area contributed by atoms with Gasteiger partial charge in [-0.2, -0.15) is 0 Å². The predicted octanol–water partition coefficient (Wildman–Crippen LogP) is 2.57. The summed E-state index contributed by atoms with van der Waals surface area (Å²) in [4.78, 5) is 0. The molecule has 2 heteroatoms. The molecular weight excluding hydrogens is 174 g/mol. The second-order valence-electron chi connectivity index (χ2n) is 4.69. The maximum Gasteiger partial charge on any atom is 0.0616 e. The van der Waals surface area contributed by atoms with Crippen molar-refractivity contribution in [2.45, 2.75) is 51.5 Å². The second-order valence-corrected chi connectivity index (χ2v) is 4.69. The van der Waals surface area contributed by atoms with Crippen LogP contribution in [-0.4, -0.2) is 19.8 Å². The molecule has 2 N–H and O–H groups in total. The van der Waals surface area contributed by atoms with E-state index in [1.54, 1.807) is 7.11 Å². The predicted molar refractivity (Wildman–Crippen MR) is 60.2 cm³/mol. The average Bonchev–Trinajstić information content (AvgIpc) is 2.20. The summed E-state index contributed by atoms with van der Waals surface area (Å²) in [6.45, 7) is 3.01. The summed E-state index contributed by atoms with van der Waals surface area (Å²) in [5, 5.41) is 0. The number of methoxy groups -OCH3 is 1. The van der Waals surface area contributed by atoms with Crippen LogP contribution in [0.3, 0.4) is 0 Å². The van der Waals surface area contributed by atoms with Crippen molar-refractivity contribution in [2.75, 3.05) is 13.7 Å². The third kappa shape index (κ3) is 3.58. The van der Waals surface area contributed by atoms with Crippen LogP contribution < -0.4 is 5.73 Å². The molecular formula is C12H25NO. The van der Waals surface area contributed by atoms with E-state index in [4.69, 9.17) is 10.5 Å². The molecule has 0 bridgehead atoms. The van der Waals surface area contributed by atoms with Crippen LogP contribution in [0.2, 0.25) is 0 Å². The van der Waals surface area contributed by atoms with Crippen LogP contribution in [0.5, 0.6) is 0 Å². The van der Waals surface area contributed by atoms with Crippen molar-refractivity contribution in [3.63, 3.8) is 0 Å². The number of ether oxygens (including phenoxy) is 1. The van der Waals surface area contributed by atoms with Crippen molar-refractivity contribution < 1.29 is 4.74 Å². The van der Waals surface area contributed by atoms with Gasteiger partial charge in [-0.1, -0.05) is 32.6 Å². The van der Waals surface area contributed by atoms with Crippen molar-refractivity contribution in [2.24, 2.45) is 17.6 Å². The van der Waals surface area contributed by atoms with Crippen LogP contribution in [0, 0.1) is 11.8 Å². The summed E-state index contributed by atoms with van der Waals surface area (Å²) >= 11 is 0. The van der Waals surface area contributed by atoms with Crippen molar-refractivity contribution in [3.05, 3.63) is 0 Å². The fraction of sp³-hybridized carbons (Fsp3) is 1.00. The molecule has 1 atom stereocenters. The quantitative estimate of drug-likeness (QED) is 0.738. The van der Waals surface area contributed by atoms with E-state index in [9.17, 15) is 0 Å². The fourth-order valence-electron chi connectivity index (χ4n) is 2.64. The minimum absolute atomic E-state index is 0.266.